The third kappa shape index (κ3) is 5.91. The fraction of sp³-hybridized carbons (Fsp3) is 0.846. The van der Waals surface area contributed by atoms with Crippen molar-refractivity contribution in [3.05, 3.63) is 0 Å². The average molecular weight is 320 g/mol. The van der Waals surface area contributed by atoms with Crippen LogP contribution >= 0.6 is 0 Å². The van der Waals surface area contributed by atoms with Gasteiger partial charge in [-0.15, -0.1) is 0 Å². The molecule has 0 aromatic heterocycles. The molecule has 0 radical (unpaired) electrons. The first-order chi connectivity index (χ1) is 9.51. The molecule has 0 saturated carbocycles. The van der Waals surface area contributed by atoms with Gasteiger partial charge in [0.05, 0.1) is 17.9 Å². The molecule has 21 heavy (non-hydrogen) atoms. The average Bonchev–Trinajstić information content (AvgIpc) is 2.64. The van der Waals surface area contributed by atoms with Gasteiger partial charge in [-0.3, -0.25) is 4.79 Å². The summed E-state index contributed by atoms with van der Waals surface area (Å²) in [4.78, 5) is 24.3. The van der Waals surface area contributed by atoms with E-state index in [9.17, 15) is 18.0 Å². The first kappa shape index (κ1) is 17.7. The molecule has 1 unspecified atom stereocenters. The van der Waals surface area contributed by atoms with Gasteiger partial charge in [0, 0.05) is 18.6 Å². The molecular weight excluding hydrogens is 296 g/mol. The van der Waals surface area contributed by atoms with Crippen molar-refractivity contribution in [1.82, 2.24) is 10.2 Å². The molecule has 1 rings (SSSR count). The van der Waals surface area contributed by atoms with E-state index in [0.717, 1.165) is 0 Å². The number of carbonyl (C=O) groups excluding carboxylic acids is 1. The molecule has 1 saturated heterocycles. The van der Waals surface area contributed by atoms with Crippen LogP contribution < -0.4 is 5.32 Å². The molecular formula is C13H24N2O5S. The van der Waals surface area contributed by atoms with Crippen molar-refractivity contribution >= 4 is 21.8 Å². The minimum Gasteiger partial charge on any atom is -0.481 e. The molecule has 7 nitrogen and oxygen atoms in total. The van der Waals surface area contributed by atoms with Crippen LogP contribution in [-0.4, -0.2) is 60.6 Å². The van der Waals surface area contributed by atoms with Crippen LogP contribution in [0.25, 0.3) is 0 Å². The molecule has 1 aliphatic heterocycles. The maximum absolute atomic E-state index is 12.2. The summed E-state index contributed by atoms with van der Waals surface area (Å²) in [7, 11) is -2.96. The van der Waals surface area contributed by atoms with E-state index in [1.807, 2.05) is 20.8 Å². The molecule has 0 aliphatic carbocycles. The normalized spacial score (nSPS) is 21.0. The van der Waals surface area contributed by atoms with Crippen molar-refractivity contribution in [2.75, 3.05) is 24.6 Å². The highest BCUT2D eigenvalue weighted by atomic mass is 32.2. The third-order valence-corrected chi connectivity index (χ3v) is 5.31. The standard InChI is InChI=1S/C13H24N2O5S/c1-13(2,3)15(6-4-11(16)17)12(18)14-8-10-5-7-21(19,20)9-10/h10H,4-9H2,1-3H3,(H,14,18)(H,16,17). The van der Waals surface area contributed by atoms with Gasteiger partial charge in [0.2, 0.25) is 0 Å². The van der Waals surface area contributed by atoms with Gasteiger partial charge < -0.3 is 15.3 Å². The number of nitrogens with one attached hydrogen (secondary N) is 1. The first-order valence-corrected chi connectivity index (χ1v) is 8.81. The molecule has 122 valence electrons. The molecule has 1 aliphatic rings. The lowest BCUT2D eigenvalue weighted by molar-refractivity contribution is -0.137. The highest BCUT2D eigenvalue weighted by Gasteiger charge is 2.30. The van der Waals surface area contributed by atoms with E-state index in [2.05, 4.69) is 5.32 Å². The van der Waals surface area contributed by atoms with Crippen LogP contribution in [0.4, 0.5) is 4.79 Å². The van der Waals surface area contributed by atoms with Crippen molar-refractivity contribution < 1.29 is 23.1 Å². The van der Waals surface area contributed by atoms with E-state index < -0.39 is 21.3 Å². The number of aliphatic carboxylic acids is 1. The summed E-state index contributed by atoms with van der Waals surface area (Å²) < 4.78 is 22.7. The van der Waals surface area contributed by atoms with Gasteiger partial charge in [-0.2, -0.15) is 0 Å². The molecule has 0 bridgehead atoms. The van der Waals surface area contributed by atoms with Crippen molar-refractivity contribution in [3.63, 3.8) is 0 Å². The summed E-state index contributed by atoms with van der Waals surface area (Å²) in [6.07, 6.45) is 0.440. The number of hydrogen-bond acceptors (Lipinski definition) is 4. The van der Waals surface area contributed by atoms with Crippen LogP contribution in [0.5, 0.6) is 0 Å². The Kier molecular flexibility index (Phi) is 5.61. The highest BCUT2D eigenvalue weighted by molar-refractivity contribution is 7.91. The highest BCUT2D eigenvalue weighted by Crippen LogP contribution is 2.18. The van der Waals surface area contributed by atoms with Crippen molar-refractivity contribution in [1.29, 1.82) is 0 Å². The molecule has 1 atom stereocenters. The Morgan fingerprint density at radius 1 is 1.33 bits per heavy atom. The van der Waals surface area contributed by atoms with E-state index >= 15 is 0 Å². The van der Waals surface area contributed by atoms with Crippen molar-refractivity contribution in [2.45, 2.75) is 39.2 Å². The zero-order valence-electron chi connectivity index (χ0n) is 12.8. The van der Waals surface area contributed by atoms with E-state index in [0.29, 0.717) is 13.0 Å². The number of carboxylic acids is 1. The van der Waals surface area contributed by atoms with Crippen LogP contribution in [0.15, 0.2) is 0 Å². The second-order valence-corrected chi connectivity index (χ2v) is 8.65. The Morgan fingerprint density at radius 3 is 2.38 bits per heavy atom. The van der Waals surface area contributed by atoms with Crippen LogP contribution in [0, 0.1) is 5.92 Å². The monoisotopic (exact) mass is 320 g/mol. The number of hydrogen-bond donors (Lipinski definition) is 2. The predicted octanol–water partition coefficient (Wildman–Crippen LogP) is 0.706. The number of urea groups is 1. The fourth-order valence-electron chi connectivity index (χ4n) is 2.31. The number of carbonyl (C=O) groups is 2. The molecule has 0 aromatic carbocycles. The van der Waals surface area contributed by atoms with Crippen LogP contribution in [0.3, 0.4) is 0 Å². The van der Waals surface area contributed by atoms with Gasteiger partial charge in [0.15, 0.2) is 9.84 Å². The Hall–Kier alpha value is -1.31. The Labute approximate surface area is 125 Å². The Balaban J connectivity index is 2.55. The summed E-state index contributed by atoms with van der Waals surface area (Å²) >= 11 is 0. The lowest BCUT2D eigenvalue weighted by Crippen LogP contribution is -2.51. The topological polar surface area (TPSA) is 104 Å². The van der Waals surface area contributed by atoms with Crippen LogP contribution in [0.1, 0.15) is 33.6 Å². The molecule has 2 amide bonds. The largest absolute Gasteiger partial charge is 0.481 e. The van der Waals surface area contributed by atoms with E-state index in [4.69, 9.17) is 5.11 Å². The number of rotatable bonds is 5. The van der Waals surface area contributed by atoms with E-state index in [-0.39, 0.29) is 36.4 Å². The zero-order valence-corrected chi connectivity index (χ0v) is 13.6. The first-order valence-electron chi connectivity index (χ1n) is 6.99. The van der Waals surface area contributed by atoms with Gasteiger partial charge in [-0.25, -0.2) is 13.2 Å². The van der Waals surface area contributed by atoms with Gasteiger partial charge in [0.1, 0.15) is 0 Å². The van der Waals surface area contributed by atoms with Crippen LogP contribution in [0.2, 0.25) is 0 Å². The van der Waals surface area contributed by atoms with Gasteiger partial charge in [-0.05, 0) is 33.1 Å². The fourth-order valence-corrected chi connectivity index (χ4v) is 4.17. The maximum Gasteiger partial charge on any atom is 0.317 e. The number of nitrogens with zero attached hydrogens (tertiary/aromatic N) is 1. The quantitative estimate of drug-likeness (QED) is 0.776. The van der Waals surface area contributed by atoms with Gasteiger partial charge in [0.25, 0.3) is 0 Å². The lowest BCUT2D eigenvalue weighted by Gasteiger charge is -2.35. The van der Waals surface area contributed by atoms with Crippen LogP contribution in [-0.2, 0) is 14.6 Å². The smallest absolute Gasteiger partial charge is 0.317 e. The maximum atomic E-state index is 12.2. The molecule has 1 heterocycles. The number of sulfone groups is 1. The number of amides is 2. The van der Waals surface area contributed by atoms with Gasteiger partial charge in [-0.1, -0.05) is 0 Å². The third-order valence-electron chi connectivity index (χ3n) is 3.47. The van der Waals surface area contributed by atoms with Crippen molar-refractivity contribution in [3.8, 4) is 0 Å². The van der Waals surface area contributed by atoms with Gasteiger partial charge >= 0.3 is 12.0 Å². The zero-order chi connectivity index (χ0) is 16.3. The van der Waals surface area contributed by atoms with E-state index in [1.165, 1.54) is 4.90 Å². The summed E-state index contributed by atoms with van der Waals surface area (Å²) in [5.41, 5.74) is -0.499. The molecule has 0 spiro atoms. The summed E-state index contributed by atoms with van der Waals surface area (Å²) in [5.74, 6) is -0.729. The number of carboxylic acid groups (broad SMARTS) is 1. The molecule has 8 heteroatoms. The second kappa shape index (κ2) is 6.64. The van der Waals surface area contributed by atoms with Crippen molar-refractivity contribution in [2.24, 2.45) is 5.92 Å². The van der Waals surface area contributed by atoms with E-state index in [1.54, 1.807) is 0 Å². The Bertz CT molecular complexity index is 495. The molecule has 1 fully saturated rings. The lowest BCUT2D eigenvalue weighted by atomic mass is 10.1. The predicted molar refractivity (Wildman–Crippen MR) is 78.9 cm³/mol. The minimum atomic E-state index is -2.96. The summed E-state index contributed by atoms with van der Waals surface area (Å²) in [6, 6.07) is -0.354. The molecule has 2 N–H and O–H groups in total. The second-order valence-electron chi connectivity index (χ2n) is 6.42. The molecule has 0 aromatic rings. The SMILES string of the molecule is CC(C)(C)N(CCC(=O)O)C(=O)NCC1CCS(=O)(=O)C1. The summed E-state index contributed by atoms with van der Waals surface area (Å²) in [5, 5.41) is 11.5. The summed E-state index contributed by atoms with van der Waals surface area (Å²) in [6.45, 7) is 5.91. The minimum absolute atomic E-state index is 0.0553. The Morgan fingerprint density at radius 2 is 1.95 bits per heavy atom.